The molecule has 1 aliphatic heterocycles. The molecule has 0 saturated carbocycles. The van der Waals surface area contributed by atoms with E-state index >= 15 is 0 Å². The first kappa shape index (κ1) is 12.9. The topological polar surface area (TPSA) is 24.5 Å². The van der Waals surface area contributed by atoms with Gasteiger partial charge >= 0.3 is 0 Å². The summed E-state index contributed by atoms with van der Waals surface area (Å²) in [5, 5.41) is 3.28. The summed E-state index contributed by atoms with van der Waals surface area (Å²) in [7, 11) is 2.03. The summed E-state index contributed by atoms with van der Waals surface area (Å²) in [6.07, 6.45) is 2.52. The maximum absolute atomic E-state index is 5.51. The van der Waals surface area contributed by atoms with Gasteiger partial charge in [0.1, 0.15) is 0 Å². The van der Waals surface area contributed by atoms with Crippen LogP contribution in [-0.4, -0.2) is 49.8 Å². The third kappa shape index (κ3) is 4.09. The van der Waals surface area contributed by atoms with Crippen molar-refractivity contribution in [2.45, 2.75) is 45.2 Å². The molecule has 1 aliphatic rings. The quantitative estimate of drug-likeness (QED) is 0.750. The number of morpholine rings is 1. The van der Waals surface area contributed by atoms with Gasteiger partial charge in [0.15, 0.2) is 0 Å². The van der Waals surface area contributed by atoms with Crippen molar-refractivity contribution in [1.29, 1.82) is 0 Å². The Hall–Kier alpha value is -0.120. The van der Waals surface area contributed by atoms with Gasteiger partial charge in [-0.2, -0.15) is 0 Å². The highest BCUT2D eigenvalue weighted by molar-refractivity contribution is 4.84. The van der Waals surface area contributed by atoms with Crippen molar-refractivity contribution in [3.63, 3.8) is 0 Å². The molecule has 1 fully saturated rings. The maximum atomic E-state index is 5.51. The van der Waals surface area contributed by atoms with E-state index in [1.165, 1.54) is 19.4 Å². The summed E-state index contributed by atoms with van der Waals surface area (Å²) in [6.45, 7) is 10.8. The summed E-state index contributed by atoms with van der Waals surface area (Å²) in [4.78, 5) is 2.55. The standard InChI is InChI=1S/C12H26N2O/c1-11(13-4)6-5-7-14-8-9-15-10-12(14,2)3/h11,13H,5-10H2,1-4H3. The van der Waals surface area contributed by atoms with E-state index in [4.69, 9.17) is 4.74 Å². The number of hydrogen-bond donors (Lipinski definition) is 1. The van der Waals surface area contributed by atoms with Gasteiger partial charge in [0.2, 0.25) is 0 Å². The fourth-order valence-electron chi connectivity index (χ4n) is 2.04. The Kier molecular flexibility index (Phi) is 5.03. The van der Waals surface area contributed by atoms with Gasteiger partial charge in [-0.3, -0.25) is 4.90 Å². The van der Waals surface area contributed by atoms with Crippen molar-refractivity contribution < 1.29 is 4.74 Å². The molecule has 15 heavy (non-hydrogen) atoms. The Morgan fingerprint density at radius 2 is 2.20 bits per heavy atom. The lowest BCUT2D eigenvalue weighted by atomic mass is 10.0. The fourth-order valence-corrected chi connectivity index (χ4v) is 2.04. The third-order valence-corrected chi connectivity index (χ3v) is 3.37. The van der Waals surface area contributed by atoms with Gasteiger partial charge in [-0.25, -0.2) is 0 Å². The zero-order chi connectivity index (χ0) is 11.3. The lowest BCUT2D eigenvalue weighted by molar-refractivity contribution is -0.0514. The summed E-state index contributed by atoms with van der Waals surface area (Å²) in [5.41, 5.74) is 0.223. The molecule has 1 rings (SSSR count). The fraction of sp³-hybridized carbons (Fsp3) is 1.00. The highest BCUT2D eigenvalue weighted by atomic mass is 16.5. The van der Waals surface area contributed by atoms with Crippen LogP contribution in [0.2, 0.25) is 0 Å². The highest BCUT2D eigenvalue weighted by Crippen LogP contribution is 2.19. The van der Waals surface area contributed by atoms with E-state index in [0.29, 0.717) is 6.04 Å². The molecule has 1 unspecified atom stereocenters. The molecule has 1 saturated heterocycles. The number of nitrogens with one attached hydrogen (secondary N) is 1. The third-order valence-electron chi connectivity index (χ3n) is 3.37. The molecule has 1 heterocycles. The molecule has 1 atom stereocenters. The molecule has 0 radical (unpaired) electrons. The van der Waals surface area contributed by atoms with Crippen molar-refractivity contribution in [2.24, 2.45) is 0 Å². The van der Waals surface area contributed by atoms with Crippen LogP contribution < -0.4 is 5.32 Å². The van der Waals surface area contributed by atoms with Crippen LogP contribution in [0.25, 0.3) is 0 Å². The molecular weight excluding hydrogens is 188 g/mol. The molecule has 1 N–H and O–H groups in total. The minimum Gasteiger partial charge on any atom is -0.378 e. The van der Waals surface area contributed by atoms with Crippen molar-refractivity contribution in [3.8, 4) is 0 Å². The average molecular weight is 214 g/mol. The number of nitrogens with zero attached hydrogens (tertiary/aromatic N) is 1. The van der Waals surface area contributed by atoms with Gasteiger partial charge in [0, 0.05) is 18.1 Å². The molecule has 0 spiro atoms. The molecule has 3 heteroatoms. The van der Waals surface area contributed by atoms with Crippen LogP contribution in [0.1, 0.15) is 33.6 Å². The molecule has 0 aromatic carbocycles. The Morgan fingerprint density at radius 1 is 1.47 bits per heavy atom. The largest absolute Gasteiger partial charge is 0.378 e. The summed E-state index contributed by atoms with van der Waals surface area (Å²) in [5.74, 6) is 0. The number of rotatable bonds is 5. The predicted molar refractivity (Wildman–Crippen MR) is 64.2 cm³/mol. The van der Waals surface area contributed by atoms with Crippen molar-refractivity contribution in [2.75, 3.05) is 33.4 Å². The molecule has 90 valence electrons. The summed E-state index contributed by atoms with van der Waals surface area (Å²) in [6, 6.07) is 0.633. The Labute approximate surface area is 94.2 Å². The minimum atomic E-state index is 0.223. The van der Waals surface area contributed by atoms with E-state index in [1.807, 2.05) is 7.05 Å². The van der Waals surface area contributed by atoms with Crippen LogP contribution in [0, 0.1) is 0 Å². The van der Waals surface area contributed by atoms with Gasteiger partial charge in [-0.1, -0.05) is 0 Å². The SMILES string of the molecule is CNC(C)CCCN1CCOCC1(C)C. The van der Waals surface area contributed by atoms with Gasteiger partial charge < -0.3 is 10.1 Å². The van der Waals surface area contributed by atoms with E-state index in [2.05, 4.69) is 31.0 Å². The molecule has 0 aliphatic carbocycles. The summed E-state index contributed by atoms with van der Waals surface area (Å²) < 4.78 is 5.51. The zero-order valence-corrected chi connectivity index (χ0v) is 10.7. The normalized spacial score (nSPS) is 24.0. The lowest BCUT2D eigenvalue weighted by Gasteiger charge is -2.42. The van der Waals surface area contributed by atoms with Gasteiger partial charge in [0.25, 0.3) is 0 Å². The second-order valence-corrected chi connectivity index (χ2v) is 5.18. The van der Waals surface area contributed by atoms with E-state index < -0.39 is 0 Å². The van der Waals surface area contributed by atoms with Crippen LogP contribution in [-0.2, 0) is 4.74 Å². The smallest absolute Gasteiger partial charge is 0.0645 e. The highest BCUT2D eigenvalue weighted by Gasteiger charge is 2.29. The summed E-state index contributed by atoms with van der Waals surface area (Å²) >= 11 is 0. The van der Waals surface area contributed by atoms with Crippen molar-refractivity contribution >= 4 is 0 Å². The number of hydrogen-bond acceptors (Lipinski definition) is 3. The molecule has 0 aromatic rings. The second-order valence-electron chi connectivity index (χ2n) is 5.18. The van der Waals surface area contributed by atoms with Crippen molar-refractivity contribution in [3.05, 3.63) is 0 Å². The first-order chi connectivity index (χ1) is 7.06. The lowest BCUT2D eigenvalue weighted by Crippen LogP contribution is -2.53. The Balaban J connectivity index is 2.24. The van der Waals surface area contributed by atoms with Gasteiger partial charge in [0.05, 0.1) is 13.2 Å². The molecule has 3 nitrogen and oxygen atoms in total. The first-order valence-electron chi connectivity index (χ1n) is 6.06. The van der Waals surface area contributed by atoms with E-state index in [9.17, 15) is 0 Å². The number of ether oxygens (including phenoxy) is 1. The Bertz CT molecular complexity index is 182. The average Bonchev–Trinajstić information content (AvgIpc) is 2.20. The van der Waals surface area contributed by atoms with Crippen LogP contribution in [0.15, 0.2) is 0 Å². The molecule has 0 amide bonds. The van der Waals surface area contributed by atoms with Gasteiger partial charge in [-0.05, 0) is 47.2 Å². The van der Waals surface area contributed by atoms with Crippen molar-refractivity contribution in [1.82, 2.24) is 10.2 Å². The van der Waals surface area contributed by atoms with Gasteiger partial charge in [-0.15, -0.1) is 0 Å². The minimum absolute atomic E-state index is 0.223. The Morgan fingerprint density at radius 3 is 2.80 bits per heavy atom. The zero-order valence-electron chi connectivity index (χ0n) is 10.7. The first-order valence-corrected chi connectivity index (χ1v) is 6.06. The molecule has 0 bridgehead atoms. The van der Waals surface area contributed by atoms with E-state index in [1.54, 1.807) is 0 Å². The van der Waals surface area contributed by atoms with Crippen LogP contribution in [0.3, 0.4) is 0 Å². The van der Waals surface area contributed by atoms with Crippen LogP contribution >= 0.6 is 0 Å². The molecule has 0 aromatic heterocycles. The van der Waals surface area contributed by atoms with Crippen LogP contribution in [0.5, 0.6) is 0 Å². The van der Waals surface area contributed by atoms with E-state index in [-0.39, 0.29) is 5.54 Å². The van der Waals surface area contributed by atoms with E-state index in [0.717, 1.165) is 19.8 Å². The monoisotopic (exact) mass is 214 g/mol. The molecular formula is C12H26N2O. The maximum Gasteiger partial charge on any atom is 0.0645 e. The van der Waals surface area contributed by atoms with Crippen LogP contribution in [0.4, 0.5) is 0 Å². The predicted octanol–water partition coefficient (Wildman–Crippen LogP) is 1.49. The second kappa shape index (κ2) is 5.83.